The largest absolute Gasteiger partial charge is 0.294 e. The highest BCUT2D eigenvalue weighted by molar-refractivity contribution is 6.20. The van der Waals surface area contributed by atoms with Gasteiger partial charge in [-0.1, -0.05) is 95.1 Å². The standard InChI is InChI=1S/C36H37NO2/c1-21-9-13-25(5)29(17-21)35(30-18-22(2)10-14-26(30)6)33(38)37-34(39)36(35,31-19-23(3)11-15-27(31)7)32-20-24(4)12-16-28(32)8/h9-20H,1-8H3,(H,37,38,39). The van der Waals surface area contributed by atoms with E-state index in [1.807, 2.05) is 27.7 Å². The van der Waals surface area contributed by atoms with Gasteiger partial charge in [-0.05, 0) is 99.9 Å². The predicted octanol–water partition coefficient (Wildman–Crippen LogP) is 7.08. The molecule has 39 heavy (non-hydrogen) atoms. The highest BCUT2D eigenvalue weighted by atomic mass is 16.2. The summed E-state index contributed by atoms with van der Waals surface area (Å²) in [5.41, 5.74) is 8.86. The summed E-state index contributed by atoms with van der Waals surface area (Å²) < 4.78 is 0. The van der Waals surface area contributed by atoms with Gasteiger partial charge in [-0.3, -0.25) is 14.9 Å². The van der Waals surface area contributed by atoms with Crippen molar-refractivity contribution in [1.29, 1.82) is 0 Å². The number of nitrogens with one attached hydrogen (secondary N) is 1. The van der Waals surface area contributed by atoms with Gasteiger partial charge in [0.15, 0.2) is 0 Å². The number of carbonyl (C=O) groups excluding carboxylic acids is 2. The van der Waals surface area contributed by atoms with Gasteiger partial charge in [0.05, 0.1) is 0 Å². The number of aryl methyl sites for hydroxylation is 8. The summed E-state index contributed by atoms with van der Waals surface area (Å²) in [5, 5.41) is 2.90. The number of carbonyl (C=O) groups is 2. The minimum atomic E-state index is -1.34. The van der Waals surface area contributed by atoms with Crippen LogP contribution in [0.5, 0.6) is 0 Å². The van der Waals surface area contributed by atoms with Crippen LogP contribution in [0.1, 0.15) is 66.8 Å². The number of amides is 2. The van der Waals surface area contributed by atoms with Crippen LogP contribution in [0, 0.1) is 55.4 Å². The Kier molecular flexibility index (Phi) is 6.37. The summed E-state index contributed by atoms with van der Waals surface area (Å²) in [4.78, 5) is 29.7. The smallest absolute Gasteiger partial charge is 0.243 e. The molecule has 4 aromatic rings. The predicted molar refractivity (Wildman–Crippen MR) is 158 cm³/mol. The Morgan fingerprint density at radius 3 is 0.872 bits per heavy atom. The minimum absolute atomic E-state index is 0.281. The Hall–Kier alpha value is -3.98. The van der Waals surface area contributed by atoms with Crippen LogP contribution < -0.4 is 5.32 Å². The molecule has 3 nitrogen and oxygen atoms in total. The molecular formula is C36H37NO2. The maximum atomic E-state index is 14.9. The lowest BCUT2D eigenvalue weighted by molar-refractivity contribution is -0.126. The fourth-order valence-corrected chi connectivity index (χ4v) is 6.78. The molecule has 1 aliphatic heterocycles. The molecule has 0 radical (unpaired) electrons. The SMILES string of the molecule is Cc1ccc(C)c(C2(c3cc(C)ccc3C)C(=O)NC(=O)C2(c2cc(C)ccc2C)c2cc(C)ccc2C)c1. The second kappa shape index (κ2) is 9.34. The lowest BCUT2D eigenvalue weighted by Gasteiger charge is -2.46. The van der Waals surface area contributed by atoms with Crippen LogP contribution in [0.2, 0.25) is 0 Å². The van der Waals surface area contributed by atoms with Crippen LogP contribution in [0.4, 0.5) is 0 Å². The van der Waals surface area contributed by atoms with E-state index < -0.39 is 10.8 Å². The molecule has 1 fully saturated rings. The summed E-state index contributed by atoms with van der Waals surface area (Å²) in [7, 11) is 0. The average molecular weight is 516 g/mol. The highest BCUT2D eigenvalue weighted by Gasteiger charge is 2.70. The van der Waals surface area contributed by atoms with Gasteiger partial charge < -0.3 is 0 Å². The van der Waals surface area contributed by atoms with Crippen molar-refractivity contribution in [2.24, 2.45) is 0 Å². The Bertz CT molecular complexity index is 1430. The van der Waals surface area contributed by atoms with Crippen LogP contribution in [-0.2, 0) is 20.4 Å². The maximum absolute atomic E-state index is 14.9. The summed E-state index contributed by atoms with van der Waals surface area (Å²) in [6, 6.07) is 25.0. The van der Waals surface area contributed by atoms with Crippen molar-refractivity contribution in [3.63, 3.8) is 0 Å². The molecule has 1 saturated heterocycles. The third kappa shape index (κ3) is 3.71. The molecule has 1 heterocycles. The summed E-state index contributed by atoms with van der Waals surface area (Å²) in [6.07, 6.45) is 0. The number of benzene rings is 4. The van der Waals surface area contributed by atoms with E-state index in [-0.39, 0.29) is 11.8 Å². The topological polar surface area (TPSA) is 46.2 Å². The first-order valence-corrected chi connectivity index (χ1v) is 13.6. The van der Waals surface area contributed by atoms with E-state index >= 15 is 0 Å². The van der Waals surface area contributed by atoms with E-state index in [9.17, 15) is 9.59 Å². The molecule has 0 bridgehead atoms. The molecule has 0 spiro atoms. The van der Waals surface area contributed by atoms with Crippen molar-refractivity contribution in [2.75, 3.05) is 0 Å². The first-order chi connectivity index (χ1) is 18.4. The number of hydrogen-bond acceptors (Lipinski definition) is 2. The normalized spacial score (nSPS) is 15.9. The third-order valence-electron chi connectivity index (χ3n) is 8.66. The van der Waals surface area contributed by atoms with Crippen LogP contribution >= 0.6 is 0 Å². The number of hydrogen-bond donors (Lipinski definition) is 1. The molecule has 0 aliphatic carbocycles. The summed E-state index contributed by atoms with van der Waals surface area (Å²) in [5.74, 6) is -0.562. The van der Waals surface area contributed by atoms with Crippen LogP contribution in [0.15, 0.2) is 72.8 Å². The molecule has 0 aromatic heterocycles. The van der Waals surface area contributed by atoms with Gasteiger partial charge in [0.1, 0.15) is 10.8 Å². The molecular weight excluding hydrogens is 478 g/mol. The Morgan fingerprint density at radius 2 is 0.641 bits per heavy atom. The molecule has 0 unspecified atom stereocenters. The van der Waals surface area contributed by atoms with E-state index in [1.165, 1.54) is 0 Å². The van der Waals surface area contributed by atoms with Crippen molar-refractivity contribution in [2.45, 2.75) is 66.2 Å². The first kappa shape index (κ1) is 26.6. The molecule has 2 amide bonds. The van der Waals surface area contributed by atoms with Gasteiger partial charge in [-0.2, -0.15) is 0 Å². The zero-order chi connectivity index (χ0) is 28.3. The zero-order valence-electron chi connectivity index (χ0n) is 24.2. The average Bonchev–Trinajstić information content (AvgIpc) is 3.12. The quantitative estimate of drug-likeness (QED) is 0.295. The monoisotopic (exact) mass is 515 g/mol. The lowest BCUT2D eigenvalue weighted by atomic mass is 9.50. The van der Waals surface area contributed by atoms with Crippen LogP contribution in [-0.4, -0.2) is 11.8 Å². The van der Waals surface area contributed by atoms with Crippen molar-refractivity contribution < 1.29 is 9.59 Å². The first-order valence-electron chi connectivity index (χ1n) is 13.6. The Morgan fingerprint density at radius 1 is 0.410 bits per heavy atom. The third-order valence-corrected chi connectivity index (χ3v) is 8.66. The fraction of sp³-hybridized carbons (Fsp3) is 0.278. The second-order valence-corrected chi connectivity index (χ2v) is 11.6. The van der Waals surface area contributed by atoms with Gasteiger partial charge in [0, 0.05) is 0 Å². The van der Waals surface area contributed by atoms with Crippen molar-refractivity contribution >= 4 is 11.8 Å². The summed E-state index contributed by atoms with van der Waals surface area (Å²) >= 11 is 0. The highest BCUT2D eigenvalue weighted by Crippen LogP contribution is 2.59. The van der Waals surface area contributed by atoms with Crippen molar-refractivity contribution in [3.05, 3.63) is 140 Å². The second-order valence-electron chi connectivity index (χ2n) is 11.6. The number of rotatable bonds is 4. The lowest BCUT2D eigenvalue weighted by Crippen LogP contribution is -2.55. The minimum Gasteiger partial charge on any atom is -0.294 e. The molecule has 0 atom stereocenters. The van der Waals surface area contributed by atoms with Gasteiger partial charge >= 0.3 is 0 Å². The van der Waals surface area contributed by atoms with Gasteiger partial charge in [-0.25, -0.2) is 0 Å². The summed E-state index contributed by atoms with van der Waals surface area (Å²) in [6.45, 7) is 16.4. The molecule has 3 heteroatoms. The van der Waals surface area contributed by atoms with Crippen LogP contribution in [0.25, 0.3) is 0 Å². The van der Waals surface area contributed by atoms with Crippen molar-refractivity contribution in [3.8, 4) is 0 Å². The Labute approximate surface area is 232 Å². The Balaban J connectivity index is 2.16. The van der Waals surface area contributed by atoms with Gasteiger partial charge in [-0.15, -0.1) is 0 Å². The van der Waals surface area contributed by atoms with Gasteiger partial charge in [0.25, 0.3) is 0 Å². The zero-order valence-corrected chi connectivity index (χ0v) is 24.2. The van der Waals surface area contributed by atoms with E-state index in [1.54, 1.807) is 0 Å². The van der Waals surface area contributed by atoms with Crippen LogP contribution in [0.3, 0.4) is 0 Å². The number of imide groups is 1. The molecule has 1 N–H and O–H groups in total. The van der Waals surface area contributed by atoms with E-state index in [0.29, 0.717) is 0 Å². The molecule has 1 aliphatic rings. The van der Waals surface area contributed by atoms with E-state index in [0.717, 1.165) is 66.8 Å². The molecule has 198 valence electrons. The molecule has 0 saturated carbocycles. The van der Waals surface area contributed by atoms with Gasteiger partial charge in [0.2, 0.25) is 11.8 Å². The molecule has 4 aromatic carbocycles. The van der Waals surface area contributed by atoms with E-state index in [2.05, 4.69) is 106 Å². The van der Waals surface area contributed by atoms with E-state index in [4.69, 9.17) is 0 Å². The maximum Gasteiger partial charge on any atom is 0.243 e. The van der Waals surface area contributed by atoms with Crippen molar-refractivity contribution in [1.82, 2.24) is 5.32 Å². The molecule has 5 rings (SSSR count). The fourth-order valence-electron chi connectivity index (χ4n) is 6.78.